The summed E-state index contributed by atoms with van der Waals surface area (Å²) in [7, 11) is 0. The fourth-order valence-corrected chi connectivity index (χ4v) is 1.56. The Kier molecular flexibility index (Phi) is 3.64. The van der Waals surface area contributed by atoms with Crippen molar-refractivity contribution >= 4 is 0 Å². The second-order valence-electron chi connectivity index (χ2n) is 3.97. The van der Waals surface area contributed by atoms with E-state index in [-0.39, 0.29) is 11.9 Å². The van der Waals surface area contributed by atoms with Crippen molar-refractivity contribution in [3.8, 4) is 0 Å². The summed E-state index contributed by atoms with van der Waals surface area (Å²) in [5, 5.41) is 0. The van der Waals surface area contributed by atoms with E-state index in [0.29, 0.717) is 5.92 Å². The maximum atomic E-state index is 13.0. The maximum Gasteiger partial charge on any atom is 0.123 e. The molecule has 1 unspecified atom stereocenters. The van der Waals surface area contributed by atoms with Gasteiger partial charge in [0.25, 0.3) is 0 Å². The van der Waals surface area contributed by atoms with E-state index in [1.165, 1.54) is 6.07 Å². The molecule has 78 valence electrons. The van der Waals surface area contributed by atoms with Gasteiger partial charge >= 0.3 is 0 Å². The Balaban J connectivity index is 3.07. The second kappa shape index (κ2) is 4.56. The summed E-state index contributed by atoms with van der Waals surface area (Å²) in [5.41, 5.74) is 8.13. The van der Waals surface area contributed by atoms with Crippen LogP contribution in [0.15, 0.2) is 18.2 Å². The summed E-state index contributed by atoms with van der Waals surface area (Å²) in [4.78, 5) is 0. The van der Waals surface area contributed by atoms with Gasteiger partial charge in [-0.1, -0.05) is 26.8 Å². The average Bonchev–Trinajstić information content (AvgIpc) is 2.16. The standard InChI is InChI=1S/C12H18FN/c1-4-9-7-10(13)5-6-11(9)12(14)8(2)3/h5-8,12H,4,14H2,1-3H3. The van der Waals surface area contributed by atoms with Gasteiger partial charge in [0.1, 0.15) is 5.82 Å². The normalized spacial score (nSPS) is 13.3. The minimum atomic E-state index is -0.179. The van der Waals surface area contributed by atoms with Crippen LogP contribution in [0.2, 0.25) is 0 Å². The Labute approximate surface area is 85.1 Å². The average molecular weight is 195 g/mol. The predicted octanol–water partition coefficient (Wildman–Crippen LogP) is 3.04. The van der Waals surface area contributed by atoms with Crippen LogP contribution in [0.1, 0.15) is 37.9 Å². The molecule has 0 saturated carbocycles. The molecule has 1 rings (SSSR count). The lowest BCUT2D eigenvalue weighted by Crippen LogP contribution is -2.18. The third kappa shape index (κ3) is 2.32. The van der Waals surface area contributed by atoms with Crippen LogP contribution >= 0.6 is 0 Å². The summed E-state index contributed by atoms with van der Waals surface area (Å²) in [5.74, 6) is 0.201. The van der Waals surface area contributed by atoms with Gasteiger partial charge in [0.15, 0.2) is 0 Å². The summed E-state index contributed by atoms with van der Waals surface area (Å²) < 4.78 is 13.0. The van der Waals surface area contributed by atoms with Crippen LogP contribution in [0.4, 0.5) is 4.39 Å². The Morgan fingerprint density at radius 2 is 2.00 bits per heavy atom. The molecule has 0 radical (unpaired) electrons. The number of halogens is 1. The number of nitrogens with two attached hydrogens (primary N) is 1. The fourth-order valence-electron chi connectivity index (χ4n) is 1.56. The molecule has 0 aliphatic rings. The molecular weight excluding hydrogens is 177 g/mol. The third-order valence-electron chi connectivity index (χ3n) is 2.56. The minimum Gasteiger partial charge on any atom is -0.324 e. The molecule has 0 aliphatic heterocycles. The Morgan fingerprint density at radius 3 is 2.50 bits per heavy atom. The summed E-state index contributed by atoms with van der Waals surface area (Å²) >= 11 is 0. The molecule has 0 saturated heterocycles. The lowest BCUT2D eigenvalue weighted by molar-refractivity contribution is 0.509. The SMILES string of the molecule is CCc1cc(F)ccc1C(N)C(C)C. The Hall–Kier alpha value is -0.890. The number of rotatable bonds is 3. The van der Waals surface area contributed by atoms with Crippen LogP contribution in [0.3, 0.4) is 0 Å². The predicted molar refractivity (Wildman–Crippen MR) is 57.5 cm³/mol. The van der Waals surface area contributed by atoms with E-state index in [4.69, 9.17) is 5.73 Å². The lowest BCUT2D eigenvalue weighted by Gasteiger charge is -2.19. The van der Waals surface area contributed by atoms with Gasteiger partial charge in [-0.05, 0) is 35.6 Å². The molecule has 1 atom stereocenters. The van der Waals surface area contributed by atoms with E-state index in [0.717, 1.165) is 17.5 Å². The summed E-state index contributed by atoms with van der Waals surface area (Å²) in [6, 6.07) is 4.87. The van der Waals surface area contributed by atoms with Gasteiger partial charge in [-0.3, -0.25) is 0 Å². The zero-order valence-corrected chi connectivity index (χ0v) is 9.05. The topological polar surface area (TPSA) is 26.0 Å². The van der Waals surface area contributed by atoms with E-state index < -0.39 is 0 Å². The zero-order chi connectivity index (χ0) is 10.7. The highest BCUT2D eigenvalue weighted by molar-refractivity contribution is 5.30. The molecular formula is C12H18FN. The first kappa shape index (κ1) is 11.2. The van der Waals surface area contributed by atoms with E-state index in [2.05, 4.69) is 13.8 Å². The van der Waals surface area contributed by atoms with Crippen molar-refractivity contribution in [1.82, 2.24) is 0 Å². The first-order chi connectivity index (χ1) is 6.56. The van der Waals surface area contributed by atoms with Crippen LogP contribution in [0, 0.1) is 11.7 Å². The molecule has 14 heavy (non-hydrogen) atoms. The highest BCUT2D eigenvalue weighted by Gasteiger charge is 2.13. The molecule has 0 amide bonds. The molecule has 0 aliphatic carbocycles. The highest BCUT2D eigenvalue weighted by atomic mass is 19.1. The molecule has 2 heteroatoms. The smallest absolute Gasteiger partial charge is 0.123 e. The van der Waals surface area contributed by atoms with E-state index in [9.17, 15) is 4.39 Å². The molecule has 0 fully saturated rings. The first-order valence-corrected chi connectivity index (χ1v) is 5.10. The van der Waals surface area contributed by atoms with Gasteiger partial charge in [0.2, 0.25) is 0 Å². The van der Waals surface area contributed by atoms with Gasteiger partial charge in [0, 0.05) is 6.04 Å². The van der Waals surface area contributed by atoms with Crippen LogP contribution < -0.4 is 5.73 Å². The van der Waals surface area contributed by atoms with Crippen molar-refractivity contribution in [3.63, 3.8) is 0 Å². The van der Waals surface area contributed by atoms with E-state index >= 15 is 0 Å². The van der Waals surface area contributed by atoms with Gasteiger partial charge in [-0.15, -0.1) is 0 Å². The van der Waals surface area contributed by atoms with Crippen molar-refractivity contribution < 1.29 is 4.39 Å². The van der Waals surface area contributed by atoms with Crippen molar-refractivity contribution in [1.29, 1.82) is 0 Å². The molecule has 2 N–H and O–H groups in total. The Bertz CT molecular complexity index is 307. The van der Waals surface area contributed by atoms with Crippen molar-refractivity contribution in [2.24, 2.45) is 11.7 Å². The van der Waals surface area contributed by atoms with Crippen LogP contribution in [-0.4, -0.2) is 0 Å². The highest BCUT2D eigenvalue weighted by Crippen LogP contribution is 2.23. The monoisotopic (exact) mass is 195 g/mol. The Morgan fingerprint density at radius 1 is 1.36 bits per heavy atom. The van der Waals surface area contributed by atoms with Crippen LogP contribution in [0.25, 0.3) is 0 Å². The molecule has 0 bridgehead atoms. The van der Waals surface area contributed by atoms with Gasteiger partial charge in [-0.25, -0.2) is 4.39 Å². The quantitative estimate of drug-likeness (QED) is 0.788. The van der Waals surface area contributed by atoms with Gasteiger partial charge in [-0.2, -0.15) is 0 Å². The second-order valence-corrected chi connectivity index (χ2v) is 3.97. The van der Waals surface area contributed by atoms with E-state index in [1.54, 1.807) is 12.1 Å². The zero-order valence-electron chi connectivity index (χ0n) is 9.05. The molecule has 0 heterocycles. The summed E-state index contributed by atoms with van der Waals surface area (Å²) in [6.45, 7) is 6.17. The molecule has 1 aromatic carbocycles. The molecule has 1 aromatic rings. The number of hydrogen-bond acceptors (Lipinski definition) is 1. The minimum absolute atomic E-state index is 0.00514. The molecule has 0 spiro atoms. The number of aryl methyl sites for hydroxylation is 1. The van der Waals surface area contributed by atoms with Gasteiger partial charge < -0.3 is 5.73 Å². The maximum absolute atomic E-state index is 13.0. The van der Waals surface area contributed by atoms with Crippen molar-refractivity contribution in [2.75, 3.05) is 0 Å². The third-order valence-corrected chi connectivity index (χ3v) is 2.56. The van der Waals surface area contributed by atoms with Crippen molar-refractivity contribution in [3.05, 3.63) is 35.1 Å². The number of benzene rings is 1. The van der Waals surface area contributed by atoms with Crippen LogP contribution in [0.5, 0.6) is 0 Å². The largest absolute Gasteiger partial charge is 0.324 e. The molecule has 1 nitrogen and oxygen atoms in total. The lowest BCUT2D eigenvalue weighted by atomic mass is 9.92. The molecule has 0 aromatic heterocycles. The fraction of sp³-hybridized carbons (Fsp3) is 0.500. The van der Waals surface area contributed by atoms with E-state index in [1.807, 2.05) is 6.92 Å². The first-order valence-electron chi connectivity index (χ1n) is 5.10. The van der Waals surface area contributed by atoms with Crippen molar-refractivity contribution in [2.45, 2.75) is 33.2 Å². The summed E-state index contributed by atoms with van der Waals surface area (Å²) in [6.07, 6.45) is 0.827. The number of hydrogen-bond donors (Lipinski definition) is 1. The van der Waals surface area contributed by atoms with Gasteiger partial charge in [0.05, 0.1) is 0 Å². The van der Waals surface area contributed by atoms with Crippen LogP contribution in [-0.2, 0) is 6.42 Å².